The minimum atomic E-state index is -2.17. The summed E-state index contributed by atoms with van der Waals surface area (Å²) in [7, 11) is 0. The molecule has 33 nitrogen and oxygen atoms in total. The smallest absolute Gasteiger partial charge is 0.305 e. The Balaban J connectivity index is 1.97. The average Bonchev–Trinajstić information content (AvgIpc) is 1.08. The first kappa shape index (κ1) is 70.0. The zero-order valence-corrected chi connectivity index (χ0v) is 49.9. The van der Waals surface area contributed by atoms with Crippen molar-refractivity contribution in [2.45, 2.75) is 213 Å². The molecule has 4 fully saturated rings. The van der Waals surface area contributed by atoms with E-state index >= 15 is 0 Å². The second-order valence-corrected chi connectivity index (χ2v) is 19.7. The summed E-state index contributed by atoms with van der Waals surface area (Å²) in [6.07, 6.45) is -37.2. The molecule has 0 saturated carbocycles. The Hall–Kier alpha value is -6.44. The molecule has 0 aliphatic carbocycles. The predicted molar refractivity (Wildman–Crippen MR) is 270 cm³/mol. The number of alkyl halides is 1. The monoisotopic (exact) mass is 1320 g/mol. The van der Waals surface area contributed by atoms with Crippen molar-refractivity contribution >= 4 is 100 Å². The number of carbonyl (C=O) groups is 13. The Morgan fingerprint density at radius 2 is 0.452 bits per heavy atom. The first-order valence-electron chi connectivity index (χ1n) is 25.6. The molecule has 0 spiro atoms. The fourth-order valence-corrected chi connectivity index (χ4v) is 9.80. The molecule has 0 aromatic rings. The standard InChI is InChI=1S/C50H67IO33/c1-18(52)65-15-32-36(40(70-23(6)57)43(73-26(9)60)47(79-32)77-30(13)64)83-49-46(76-29(12)63)42(72-25(8)59)38(34(81-49)17-67-20(3)54)84-50-45(75-28(11)62)41(71-24(7)58)37(33(80-50)16-66-19(2)53)82-48-44(74-27(10)61)39(69-22(5)56)35(68-21(4)55)31(14-51)78-48/h31-50H,14-17H2,1-13H3/t31-,32-,33-,34-,35-,36-,37-,38-,39+,40+,41+,42+,43-,44-,45-,46-,47-,48-,49-,50-/m1/s1. The Morgan fingerprint density at radius 3 is 0.690 bits per heavy atom. The number of hydrogen-bond acceptors (Lipinski definition) is 33. The van der Waals surface area contributed by atoms with Gasteiger partial charge in [-0.2, -0.15) is 0 Å². The number of ether oxygens (including phenoxy) is 20. The van der Waals surface area contributed by atoms with E-state index in [2.05, 4.69) is 0 Å². The molecule has 4 rings (SSSR count). The van der Waals surface area contributed by atoms with Crippen molar-refractivity contribution in [3.8, 4) is 0 Å². The third-order valence-electron chi connectivity index (χ3n) is 11.7. The number of esters is 13. The molecule has 0 radical (unpaired) electrons. The lowest BCUT2D eigenvalue weighted by atomic mass is 9.94. The molecule has 0 bridgehead atoms. The van der Waals surface area contributed by atoms with Gasteiger partial charge in [0.1, 0.15) is 62.5 Å². The van der Waals surface area contributed by atoms with E-state index in [0.29, 0.717) is 0 Å². The van der Waals surface area contributed by atoms with Gasteiger partial charge in [-0.15, -0.1) is 0 Å². The molecule has 34 heteroatoms. The third-order valence-corrected chi connectivity index (χ3v) is 12.6. The molecule has 4 aliphatic heterocycles. The van der Waals surface area contributed by atoms with Crippen LogP contribution in [0.25, 0.3) is 0 Å². The van der Waals surface area contributed by atoms with Crippen LogP contribution in [-0.4, -0.2) is 225 Å². The summed E-state index contributed by atoms with van der Waals surface area (Å²) in [4.78, 5) is 166. The van der Waals surface area contributed by atoms with Crippen LogP contribution >= 0.6 is 22.6 Å². The molecular weight excluding hydrogens is 1260 g/mol. The van der Waals surface area contributed by atoms with Gasteiger partial charge in [-0.3, -0.25) is 62.3 Å². The van der Waals surface area contributed by atoms with Gasteiger partial charge in [0.2, 0.25) is 12.4 Å². The third kappa shape index (κ3) is 20.7. The van der Waals surface area contributed by atoms with Crippen molar-refractivity contribution in [3.05, 3.63) is 0 Å². The lowest BCUT2D eigenvalue weighted by Gasteiger charge is -2.51. The highest BCUT2D eigenvalue weighted by atomic mass is 127. The number of rotatable bonds is 23. The van der Waals surface area contributed by atoms with Crippen LogP contribution in [0, 0.1) is 0 Å². The lowest BCUT2D eigenvalue weighted by molar-refractivity contribution is -0.387. The van der Waals surface area contributed by atoms with Crippen LogP contribution in [0.2, 0.25) is 0 Å². The van der Waals surface area contributed by atoms with Crippen molar-refractivity contribution in [2.24, 2.45) is 0 Å². The van der Waals surface area contributed by atoms with E-state index in [1.165, 1.54) is 0 Å². The van der Waals surface area contributed by atoms with Crippen LogP contribution < -0.4 is 0 Å². The minimum Gasteiger partial charge on any atom is -0.463 e. The van der Waals surface area contributed by atoms with Crippen LogP contribution in [0.15, 0.2) is 0 Å². The Kier molecular flexibility index (Phi) is 26.8. The van der Waals surface area contributed by atoms with Gasteiger partial charge in [-0.1, -0.05) is 22.6 Å². The van der Waals surface area contributed by atoms with Gasteiger partial charge in [0, 0.05) is 94.4 Å². The number of halogens is 1. The Bertz CT molecular complexity index is 2410. The van der Waals surface area contributed by atoms with Crippen molar-refractivity contribution in [3.63, 3.8) is 0 Å². The fourth-order valence-electron chi connectivity index (χ4n) is 9.09. The molecule has 4 aliphatic rings. The van der Waals surface area contributed by atoms with E-state index in [0.717, 1.165) is 90.0 Å². The highest BCUT2D eigenvalue weighted by molar-refractivity contribution is 14.1. The molecule has 0 unspecified atom stereocenters. The first-order valence-corrected chi connectivity index (χ1v) is 27.1. The Morgan fingerprint density at radius 1 is 0.250 bits per heavy atom. The highest BCUT2D eigenvalue weighted by Gasteiger charge is 2.62. The summed E-state index contributed by atoms with van der Waals surface area (Å²) < 4.78 is 116. The Labute approximate surface area is 492 Å². The van der Waals surface area contributed by atoms with E-state index in [-0.39, 0.29) is 4.43 Å². The summed E-state index contributed by atoms with van der Waals surface area (Å²) >= 11 is 1.86. The SMILES string of the molecule is CC(=O)OC[C@H]1O[C@@H](OC(C)=O)[C@H](OC(C)=O)[C@@H](OC(C)=O)[C@@H]1O[C@H]1O[C@H](COC(C)=O)[C@@H](O[C@H]2O[C@H](COC(C)=O)[C@@H](O[C@H]3O[C@H](CI)[C@@H](OC(C)=O)[C@H](OC(C)=O)[C@H]3OC(C)=O)[C@H](OC(C)=O)[C@H]2OC(C)=O)[C@H](OC(C)=O)[C@H]1OC(C)=O. The maximum atomic E-state index is 13.3. The second-order valence-electron chi connectivity index (χ2n) is 18.8. The fraction of sp³-hybridized carbons (Fsp3) is 0.740. The molecule has 0 aromatic carbocycles. The summed E-state index contributed by atoms with van der Waals surface area (Å²) in [6, 6.07) is 0. The normalized spacial score (nSPS) is 32.7. The van der Waals surface area contributed by atoms with Gasteiger partial charge in [0.05, 0.1) is 0 Å². The van der Waals surface area contributed by atoms with E-state index < -0.39 is 220 Å². The van der Waals surface area contributed by atoms with E-state index in [1.807, 2.05) is 22.6 Å². The quantitative estimate of drug-likeness (QED) is 0.0518. The first-order chi connectivity index (χ1) is 39.3. The molecular formula is C50H67IO33. The molecule has 472 valence electrons. The number of hydrogen-bond donors (Lipinski definition) is 0. The van der Waals surface area contributed by atoms with E-state index in [1.54, 1.807) is 0 Å². The maximum absolute atomic E-state index is 13.3. The maximum Gasteiger partial charge on any atom is 0.305 e. The van der Waals surface area contributed by atoms with Gasteiger partial charge in [-0.05, 0) is 0 Å². The van der Waals surface area contributed by atoms with Crippen LogP contribution in [0.3, 0.4) is 0 Å². The molecule has 0 amide bonds. The summed E-state index contributed by atoms with van der Waals surface area (Å²) in [5.74, 6) is -13.1. The van der Waals surface area contributed by atoms with Gasteiger partial charge < -0.3 is 94.7 Å². The zero-order chi connectivity index (χ0) is 63.0. The lowest BCUT2D eigenvalue weighted by Crippen LogP contribution is -2.69. The molecule has 4 saturated heterocycles. The van der Waals surface area contributed by atoms with Gasteiger partial charge >= 0.3 is 77.6 Å². The van der Waals surface area contributed by atoms with Gasteiger partial charge in [-0.25, -0.2) is 0 Å². The van der Waals surface area contributed by atoms with Crippen molar-refractivity contribution in [1.29, 1.82) is 0 Å². The summed E-state index contributed by atoms with van der Waals surface area (Å²) in [5.41, 5.74) is 0. The zero-order valence-electron chi connectivity index (χ0n) is 47.7. The van der Waals surface area contributed by atoms with Crippen LogP contribution in [-0.2, 0) is 157 Å². The second kappa shape index (κ2) is 32.2. The summed E-state index contributed by atoms with van der Waals surface area (Å²) in [5, 5.41) is 0. The molecule has 0 N–H and O–H groups in total. The molecule has 20 atom stereocenters. The van der Waals surface area contributed by atoms with Crippen molar-refractivity contribution in [1.82, 2.24) is 0 Å². The van der Waals surface area contributed by atoms with Gasteiger partial charge in [0.15, 0.2) is 67.7 Å². The van der Waals surface area contributed by atoms with Crippen LogP contribution in [0.5, 0.6) is 0 Å². The van der Waals surface area contributed by atoms with Crippen molar-refractivity contribution < 1.29 is 157 Å². The predicted octanol–water partition coefficient (Wildman–Crippen LogP) is -0.886. The minimum absolute atomic E-state index is 0.0132. The van der Waals surface area contributed by atoms with Crippen LogP contribution in [0.1, 0.15) is 90.0 Å². The average molecular weight is 1320 g/mol. The van der Waals surface area contributed by atoms with E-state index in [4.69, 9.17) is 94.7 Å². The van der Waals surface area contributed by atoms with Crippen molar-refractivity contribution in [2.75, 3.05) is 24.2 Å². The highest BCUT2D eigenvalue weighted by Crippen LogP contribution is 2.40. The number of carbonyl (C=O) groups excluding carboxylic acids is 13. The topological polar surface area (TPSA) is 407 Å². The van der Waals surface area contributed by atoms with E-state index in [9.17, 15) is 62.3 Å². The molecule has 4 heterocycles. The molecule has 0 aromatic heterocycles. The van der Waals surface area contributed by atoms with Gasteiger partial charge in [0.25, 0.3) is 0 Å². The largest absolute Gasteiger partial charge is 0.463 e. The van der Waals surface area contributed by atoms with Crippen LogP contribution in [0.4, 0.5) is 0 Å². The summed E-state index contributed by atoms with van der Waals surface area (Å²) in [6.45, 7) is 10.0. The molecule has 84 heavy (non-hydrogen) atoms.